The zero-order valence-electron chi connectivity index (χ0n) is 14.9. The highest BCUT2D eigenvalue weighted by molar-refractivity contribution is 7.17. The maximum absolute atomic E-state index is 13.0. The van der Waals surface area contributed by atoms with Crippen LogP contribution in [0.25, 0.3) is 16.1 Å². The summed E-state index contributed by atoms with van der Waals surface area (Å²) in [6.45, 7) is 1.80. The van der Waals surface area contributed by atoms with Crippen molar-refractivity contribution in [1.82, 2.24) is 9.38 Å². The number of benzene rings is 1. The Labute approximate surface area is 163 Å². The molecule has 0 N–H and O–H groups in total. The number of aromatic nitrogens is 2. The van der Waals surface area contributed by atoms with Crippen molar-refractivity contribution in [2.24, 2.45) is 0 Å². The van der Waals surface area contributed by atoms with Crippen LogP contribution in [0.1, 0.15) is 20.9 Å². The van der Waals surface area contributed by atoms with Gasteiger partial charge in [-0.1, -0.05) is 18.2 Å². The maximum atomic E-state index is 13.0. The first-order valence-electron chi connectivity index (χ1n) is 8.51. The third-order valence-electron chi connectivity index (χ3n) is 4.15. The zero-order valence-corrected chi connectivity index (χ0v) is 15.7. The number of pyridine rings is 1. The molecular weight excluding hydrogens is 379 g/mol. The molecule has 0 radical (unpaired) electrons. The lowest BCUT2D eigenvalue weighted by molar-refractivity contribution is 0.0473. The fraction of sp³-hybridized carbons (Fsp3) is 0.0952. The highest BCUT2D eigenvalue weighted by atomic mass is 32.1. The van der Waals surface area contributed by atoms with E-state index in [1.807, 2.05) is 13.0 Å². The van der Waals surface area contributed by atoms with Crippen molar-refractivity contribution in [1.29, 1.82) is 0 Å². The van der Waals surface area contributed by atoms with Crippen LogP contribution >= 0.6 is 11.3 Å². The summed E-state index contributed by atoms with van der Waals surface area (Å²) in [5.74, 6) is -0.807. The fourth-order valence-corrected chi connectivity index (χ4v) is 3.66. The lowest BCUT2D eigenvalue weighted by Crippen LogP contribution is -2.16. The smallest absolute Gasteiger partial charge is 0.348 e. The quantitative estimate of drug-likeness (QED) is 0.486. The van der Waals surface area contributed by atoms with Crippen LogP contribution in [0.5, 0.6) is 0 Å². The second kappa shape index (κ2) is 7.36. The van der Waals surface area contributed by atoms with Crippen LogP contribution in [0.15, 0.2) is 65.6 Å². The maximum Gasteiger partial charge on any atom is 0.348 e. The molecule has 0 unspecified atom stereocenters. The molecule has 0 atom stereocenters. The number of ether oxygens (including phenoxy) is 1. The van der Waals surface area contributed by atoms with Crippen molar-refractivity contribution >= 4 is 23.0 Å². The van der Waals surface area contributed by atoms with Gasteiger partial charge in [-0.2, -0.15) is 0 Å². The van der Waals surface area contributed by atoms with E-state index in [1.165, 1.54) is 33.9 Å². The molecule has 3 heterocycles. The predicted molar refractivity (Wildman–Crippen MR) is 105 cm³/mol. The second-order valence-corrected chi connectivity index (χ2v) is 7.35. The van der Waals surface area contributed by atoms with Crippen LogP contribution in [0.2, 0.25) is 0 Å². The summed E-state index contributed by atoms with van der Waals surface area (Å²) in [4.78, 5) is 30.2. The predicted octanol–water partition coefficient (Wildman–Crippen LogP) is 4.23. The van der Waals surface area contributed by atoms with Gasteiger partial charge in [0.25, 0.3) is 5.56 Å². The monoisotopic (exact) mass is 394 g/mol. The van der Waals surface area contributed by atoms with Crippen LogP contribution in [0.3, 0.4) is 0 Å². The Morgan fingerprint density at radius 3 is 2.71 bits per heavy atom. The first-order valence-corrected chi connectivity index (χ1v) is 9.33. The molecule has 3 aromatic heterocycles. The molecule has 4 rings (SSSR count). The van der Waals surface area contributed by atoms with E-state index < -0.39 is 5.97 Å². The van der Waals surface area contributed by atoms with E-state index in [2.05, 4.69) is 4.98 Å². The number of carbonyl (C=O) groups excluding carboxylic acids is 1. The molecule has 0 aliphatic heterocycles. The van der Waals surface area contributed by atoms with E-state index in [-0.39, 0.29) is 18.0 Å². The Hall–Kier alpha value is -3.32. The van der Waals surface area contributed by atoms with E-state index >= 15 is 0 Å². The number of aryl methyl sites for hydroxylation is 1. The number of hydrogen-bond acceptors (Lipinski definition) is 5. The van der Waals surface area contributed by atoms with Crippen LogP contribution in [0.4, 0.5) is 4.39 Å². The van der Waals surface area contributed by atoms with Gasteiger partial charge in [0.05, 0.1) is 5.69 Å². The topological polar surface area (TPSA) is 60.7 Å². The molecule has 1 aromatic carbocycles. The number of fused-ring (bicyclic) bond motifs is 1. The largest absolute Gasteiger partial charge is 0.455 e. The molecule has 7 heteroatoms. The average molecular weight is 394 g/mol. The van der Waals surface area contributed by atoms with Gasteiger partial charge < -0.3 is 4.74 Å². The summed E-state index contributed by atoms with van der Waals surface area (Å²) in [6.07, 6.45) is 1.71. The third-order valence-corrected chi connectivity index (χ3v) is 5.26. The van der Waals surface area contributed by atoms with E-state index in [0.29, 0.717) is 16.2 Å². The molecule has 140 valence electrons. The van der Waals surface area contributed by atoms with Gasteiger partial charge in [0, 0.05) is 17.1 Å². The molecule has 0 fully saturated rings. The van der Waals surface area contributed by atoms with Gasteiger partial charge >= 0.3 is 5.97 Å². The zero-order chi connectivity index (χ0) is 19.7. The summed E-state index contributed by atoms with van der Waals surface area (Å²) >= 11 is 1.26. The van der Waals surface area contributed by atoms with Gasteiger partial charge in [-0.3, -0.25) is 9.20 Å². The minimum absolute atomic E-state index is 0.0950. The molecule has 0 bridgehead atoms. The first kappa shape index (κ1) is 18.1. The Morgan fingerprint density at radius 1 is 1.14 bits per heavy atom. The van der Waals surface area contributed by atoms with Crippen molar-refractivity contribution in [3.05, 3.63) is 93.1 Å². The highest BCUT2D eigenvalue weighted by Crippen LogP contribution is 2.28. The minimum atomic E-state index is -0.496. The second-order valence-electron chi connectivity index (χ2n) is 6.27. The first-order chi connectivity index (χ1) is 13.5. The van der Waals surface area contributed by atoms with Crippen molar-refractivity contribution in [2.75, 3.05) is 0 Å². The Bertz CT molecular complexity index is 1230. The van der Waals surface area contributed by atoms with Crippen LogP contribution in [-0.2, 0) is 11.3 Å². The van der Waals surface area contributed by atoms with E-state index in [0.717, 1.165) is 16.0 Å². The summed E-state index contributed by atoms with van der Waals surface area (Å²) in [5, 5.41) is 0. The SMILES string of the molecule is Cc1ccc2nc(COC(=O)c3ccc(-c4ccc(F)cc4)s3)cc(=O)n2c1. The molecule has 4 aromatic rings. The third kappa shape index (κ3) is 3.70. The Kier molecular flexibility index (Phi) is 4.75. The van der Waals surface area contributed by atoms with Crippen LogP contribution in [-0.4, -0.2) is 15.4 Å². The molecule has 5 nitrogen and oxygen atoms in total. The van der Waals surface area contributed by atoms with Crippen molar-refractivity contribution in [3.8, 4) is 10.4 Å². The number of hydrogen-bond donors (Lipinski definition) is 0. The minimum Gasteiger partial charge on any atom is -0.455 e. The van der Waals surface area contributed by atoms with Gasteiger partial charge in [-0.05, 0) is 48.4 Å². The molecule has 0 aliphatic carbocycles. The van der Waals surface area contributed by atoms with E-state index in [9.17, 15) is 14.0 Å². The van der Waals surface area contributed by atoms with Gasteiger partial charge in [0.1, 0.15) is 22.9 Å². The van der Waals surface area contributed by atoms with Crippen LogP contribution < -0.4 is 5.56 Å². The summed E-state index contributed by atoms with van der Waals surface area (Å²) in [6, 6.07) is 14.5. The molecule has 0 spiro atoms. The molecular formula is C21H15FN2O3S. The fourth-order valence-electron chi connectivity index (χ4n) is 2.76. The van der Waals surface area contributed by atoms with Gasteiger partial charge in [0.2, 0.25) is 0 Å². The van der Waals surface area contributed by atoms with Crippen molar-refractivity contribution in [2.45, 2.75) is 13.5 Å². The van der Waals surface area contributed by atoms with Gasteiger partial charge in [-0.25, -0.2) is 14.2 Å². The molecule has 0 saturated heterocycles. The van der Waals surface area contributed by atoms with E-state index in [4.69, 9.17) is 4.74 Å². The van der Waals surface area contributed by atoms with Crippen molar-refractivity contribution < 1.29 is 13.9 Å². The summed E-state index contributed by atoms with van der Waals surface area (Å²) in [7, 11) is 0. The summed E-state index contributed by atoms with van der Waals surface area (Å²) in [5.41, 5.74) is 2.43. The van der Waals surface area contributed by atoms with Crippen molar-refractivity contribution in [3.63, 3.8) is 0 Å². The number of rotatable bonds is 4. The number of nitrogens with zero attached hydrogens (tertiary/aromatic N) is 2. The molecule has 0 aliphatic rings. The number of thiophene rings is 1. The standard InChI is InChI=1S/C21H15FN2O3S/c1-13-2-9-19-23-16(10-20(25)24(19)11-13)12-27-21(26)18-8-7-17(28-18)14-3-5-15(22)6-4-14/h2-11H,12H2,1H3. The molecule has 0 saturated carbocycles. The molecule has 0 amide bonds. The normalized spacial score (nSPS) is 10.9. The molecule has 28 heavy (non-hydrogen) atoms. The van der Waals surface area contributed by atoms with Crippen LogP contribution in [0, 0.1) is 12.7 Å². The highest BCUT2D eigenvalue weighted by Gasteiger charge is 2.13. The average Bonchev–Trinajstić information content (AvgIpc) is 3.17. The lowest BCUT2D eigenvalue weighted by atomic mass is 10.2. The van der Waals surface area contributed by atoms with E-state index in [1.54, 1.807) is 36.5 Å². The number of carbonyl (C=O) groups is 1. The number of halogens is 1. The Morgan fingerprint density at radius 2 is 1.93 bits per heavy atom. The Balaban J connectivity index is 1.49. The summed E-state index contributed by atoms with van der Waals surface area (Å²) < 4.78 is 19.8. The lowest BCUT2D eigenvalue weighted by Gasteiger charge is -2.06. The van der Waals surface area contributed by atoms with Gasteiger partial charge in [-0.15, -0.1) is 11.3 Å². The number of esters is 1. The van der Waals surface area contributed by atoms with Gasteiger partial charge in [0.15, 0.2) is 0 Å².